The number of hydrogen-bond acceptors (Lipinski definition) is 2. The molecule has 0 radical (unpaired) electrons. The van der Waals surface area contributed by atoms with Crippen molar-refractivity contribution in [2.45, 2.75) is 0 Å². The summed E-state index contributed by atoms with van der Waals surface area (Å²) >= 11 is 23.7. The van der Waals surface area contributed by atoms with Gasteiger partial charge in [0.25, 0.3) is 0 Å². The van der Waals surface area contributed by atoms with Gasteiger partial charge in [0.05, 0.1) is 20.1 Å². The molecule has 2 aromatic carbocycles. The molecular weight excluding hydrogens is 398 g/mol. The first kappa shape index (κ1) is 15.1. The Hall–Kier alpha value is -0.320. The van der Waals surface area contributed by atoms with Crippen LogP contribution in [0.5, 0.6) is 23.0 Å². The molecular formula is C12H5BrCl4O2. The van der Waals surface area contributed by atoms with Gasteiger partial charge in [0, 0.05) is 24.3 Å². The van der Waals surface area contributed by atoms with Gasteiger partial charge in [-0.2, -0.15) is 0 Å². The van der Waals surface area contributed by atoms with Gasteiger partial charge in [0.2, 0.25) is 0 Å². The number of benzene rings is 2. The van der Waals surface area contributed by atoms with Gasteiger partial charge in [-0.3, -0.25) is 0 Å². The van der Waals surface area contributed by atoms with E-state index in [-0.39, 0.29) is 17.0 Å². The summed E-state index contributed by atoms with van der Waals surface area (Å²) in [5.74, 6) is 1.93. The van der Waals surface area contributed by atoms with Crippen LogP contribution in [0.2, 0.25) is 20.1 Å². The molecule has 19 heavy (non-hydrogen) atoms. The molecule has 0 atom stereocenters. The molecule has 0 unspecified atom stereocenters. The second-order valence-corrected chi connectivity index (χ2v) is 5.26. The summed E-state index contributed by atoms with van der Waals surface area (Å²) in [5.41, 5.74) is 0. The van der Waals surface area contributed by atoms with Gasteiger partial charge in [0.15, 0.2) is 23.0 Å². The summed E-state index contributed by atoms with van der Waals surface area (Å²) in [4.78, 5) is 0. The lowest BCUT2D eigenvalue weighted by Crippen LogP contribution is -1.99. The topological polar surface area (TPSA) is 18.5 Å². The summed E-state index contributed by atoms with van der Waals surface area (Å²) in [6.45, 7) is 0. The molecule has 0 bridgehead atoms. The summed E-state index contributed by atoms with van der Waals surface area (Å²) in [7, 11) is 0. The van der Waals surface area contributed by atoms with Crippen LogP contribution in [0.4, 0.5) is 0 Å². The number of rotatable bonds is 0. The number of ether oxygens (including phenoxy) is 2. The lowest BCUT2D eigenvalue weighted by molar-refractivity contribution is 0.359. The van der Waals surface area contributed by atoms with Crippen LogP contribution in [0.25, 0.3) is 0 Å². The summed E-state index contributed by atoms with van der Waals surface area (Å²) in [5, 5.41) is 1.56. The number of hydrogen-bond donors (Lipinski definition) is 0. The van der Waals surface area contributed by atoms with Gasteiger partial charge >= 0.3 is 0 Å². The first-order valence-corrected chi connectivity index (χ1v) is 6.39. The van der Waals surface area contributed by atoms with Crippen molar-refractivity contribution < 1.29 is 9.47 Å². The third kappa shape index (κ3) is 2.76. The Labute approximate surface area is 139 Å². The molecule has 2 aromatic rings. The van der Waals surface area contributed by atoms with E-state index in [2.05, 4.69) is 0 Å². The van der Waals surface area contributed by atoms with Crippen LogP contribution >= 0.6 is 63.4 Å². The van der Waals surface area contributed by atoms with Crippen molar-refractivity contribution in [3.05, 3.63) is 44.4 Å². The zero-order valence-corrected chi connectivity index (χ0v) is 13.8. The fraction of sp³-hybridized carbons (Fsp3) is 0. The predicted octanol–water partition coefficient (Wildman–Crippen LogP) is 6.78. The van der Waals surface area contributed by atoms with E-state index in [9.17, 15) is 0 Å². The van der Waals surface area contributed by atoms with Crippen LogP contribution < -0.4 is 9.47 Å². The average molecular weight is 403 g/mol. The average Bonchev–Trinajstić information content (AvgIpc) is 2.31. The first-order chi connectivity index (χ1) is 8.54. The second-order valence-electron chi connectivity index (χ2n) is 3.63. The molecule has 3 rings (SSSR count). The maximum atomic E-state index is 5.91. The summed E-state index contributed by atoms with van der Waals surface area (Å²) < 4.78 is 11.3. The molecule has 100 valence electrons. The molecule has 0 saturated carbocycles. The fourth-order valence-corrected chi connectivity index (χ4v) is 2.19. The number of halogens is 5. The molecule has 0 aromatic heterocycles. The third-order valence-electron chi connectivity index (χ3n) is 2.41. The van der Waals surface area contributed by atoms with Crippen molar-refractivity contribution in [2.75, 3.05) is 0 Å². The maximum absolute atomic E-state index is 5.91. The normalized spacial score (nSPS) is 11.6. The van der Waals surface area contributed by atoms with Crippen LogP contribution in [-0.4, -0.2) is 0 Å². The van der Waals surface area contributed by atoms with Crippen molar-refractivity contribution >= 4 is 63.4 Å². The maximum Gasteiger partial charge on any atom is 0.171 e. The molecule has 0 saturated heterocycles. The molecule has 0 aliphatic carbocycles. The molecule has 0 N–H and O–H groups in total. The van der Waals surface area contributed by atoms with Crippen LogP contribution in [0.15, 0.2) is 24.3 Å². The van der Waals surface area contributed by atoms with Crippen LogP contribution in [0, 0.1) is 0 Å². The fourth-order valence-electron chi connectivity index (χ4n) is 1.58. The molecule has 0 fully saturated rings. The van der Waals surface area contributed by atoms with E-state index in [4.69, 9.17) is 55.9 Å². The number of fused-ring (bicyclic) bond motifs is 2. The van der Waals surface area contributed by atoms with Gasteiger partial charge in [0.1, 0.15) is 0 Å². The van der Waals surface area contributed by atoms with Gasteiger partial charge < -0.3 is 9.47 Å². The Balaban J connectivity index is 0.00000133. The molecule has 7 heteroatoms. The third-order valence-corrected chi connectivity index (χ3v) is 3.86. The Morgan fingerprint density at radius 1 is 0.526 bits per heavy atom. The highest BCUT2D eigenvalue weighted by Crippen LogP contribution is 2.49. The SMILES string of the molecule is Br.Clc1cc2c(cc1Cl)Oc1cc(Cl)c(Cl)cc1O2. The van der Waals surface area contributed by atoms with E-state index in [1.807, 2.05) is 0 Å². The van der Waals surface area contributed by atoms with E-state index in [1.54, 1.807) is 24.3 Å². The highest BCUT2D eigenvalue weighted by molar-refractivity contribution is 8.93. The van der Waals surface area contributed by atoms with Gasteiger partial charge in [-0.1, -0.05) is 46.4 Å². The van der Waals surface area contributed by atoms with Crippen molar-refractivity contribution in [3.8, 4) is 23.0 Å². The van der Waals surface area contributed by atoms with Gasteiger partial charge in [-0.15, -0.1) is 17.0 Å². The first-order valence-electron chi connectivity index (χ1n) is 4.88. The van der Waals surface area contributed by atoms with Crippen molar-refractivity contribution in [2.24, 2.45) is 0 Å². The summed E-state index contributed by atoms with van der Waals surface area (Å²) in [6, 6.07) is 6.35. The van der Waals surface area contributed by atoms with Crippen LogP contribution in [0.1, 0.15) is 0 Å². The van der Waals surface area contributed by atoms with E-state index >= 15 is 0 Å². The van der Waals surface area contributed by atoms with Crippen molar-refractivity contribution in [1.29, 1.82) is 0 Å². The standard InChI is InChI=1S/C12H4Cl4O2.BrH/c13-5-1-9-10(2-6(5)14)18-12-4-8(16)7(15)3-11(12)17-9;/h1-4H;1H. The lowest BCUT2D eigenvalue weighted by atomic mass is 10.2. The minimum atomic E-state index is 0. The quantitative estimate of drug-likeness (QED) is 0.412. The highest BCUT2D eigenvalue weighted by atomic mass is 79.9. The lowest BCUT2D eigenvalue weighted by Gasteiger charge is -2.21. The van der Waals surface area contributed by atoms with Crippen molar-refractivity contribution in [1.82, 2.24) is 0 Å². The zero-order chi connectivity index (χ0) is 12.9. The Morgan fingerprint density at radius 3 is 0.947 bits per heavy atom. The molecule has 1 aliphatic heterocycles. The van der Waals surface area contributed by atoms with E-state index < -0.39 is 0 Å². The Morgan fingerprint density at radius 2 is 0.737 bits per heavy atom. The van der Waals surface area contributed by atoms with E-state index in [1.165, 1.54) is 0 Å². The van der Waals surface area contributed by atoms with Gasteiger partial charge in [-0.25, -0.2) is 0 Å². The molecule has 1 aliphatic rings. The van der Waals surface area contributed by atoms with Crippen LogP contribution in [-0.2, 0) is 0 Å². The minimum absolute atomic E-state index is 0. The monoisotopic (exact) mass is 400 g/mol. The molecule has 2 nitrogen and oxygen atoms in total. The largest absolute Gasteiger partial charge is 0.449 e. The Kier molecular flexibility index (Phi) is 4.43. The van der Waals surface area contributed by atoms with Crippen LogP contribution in [0.3, 0.4) is 0 Å². The molecule has 0 spiro atoms. The second kappa shape index (κ2) is 5.58. The van der Waals surface area contributed by atoms with Gasteiger partial charge in [-0.05, 0) is 0 Å². The predicted molar refractivity (Wildman–Crippen MR) is 83.4 cm³/mol. The molecule has 1 heterocycles. The summed E-state index contributed by atoms with van der Waals surface area (Å²) in [6.07, 6.45) is 0. The molecule has 0 amide bonds. The van der Waals surface area contributed by atoms with Crippen molar-refractivity contribution in [3.63, 3.8) is 0 Å². The Bertz CT molecular complexity index is 549. The minimum Gasteiger partial charge on any atom is -0.449 e. The highest BCUT2D eigenvalue weighted by Gasteiger charge is 2.21. The van der Waals surface area contributed by atoms with E-state index in [0.717, 1.165) is 0 Å². The van der Waals surface area contributed by atoms with E-state index in [0.29, 0.717) is 43.1 Å². The smallest absolute Gasteiger partial charge is 0.171 e. The zero-order valence-electron chi connectivity index (χ0n) is 9.05.